The van der Waals surface area contributed by atoms with Gasteiger partial charge < -0.3 is 0 Å². The summed E-state index contributed by atoms with van der Waals surface area (Å²) in [5.41, 5.74) is 1.33. The van der Waals surface area contributed by atoms with Gasteiger partial charge in [-0.3, -0.25) is 0 Å². The van der Waals surface area contributed by atoms with Crippen LogP contribution < -0.4 is 0 Å². The van der Waals surface area contributed by atoms with E-state index in [0.717, 1.165) is 13.1 Å². The maximum atomic E-state index is 3.81. The molecule has 0 unspecified atom stereocenters. The lowest BCUT2D eigenvalue weighted by Crippen LogP contribution is -1.89. The summed E-state index contributed by atoms with van der Waals surface area (Å²) in [4.78, 5) is 0. The molecule has 0 aromatic heterocycles. The van der Waals surface area contributed by atoms with E-state index in [0.29, 0.717) is 0 Å². The average molecular weight is 96.1 g/mol. The molecule has 0 saturated heterocycles. The molecule has 0 fully saturated rings. The van der Waals surface area contributed by atoms with Gasteiger partial charge in [0.1, 0.15) is 0 Å². The van der Waals surface area contributed by atoms with Crippen molar-refractivity contribution in [1.82, 2.24) is 0 Å². The first-order valence-corrected chi connectivity index (χ1v) is 2.38. The van der Waals surface area contributed by atoms with Crippen LogP contribution >= 0.6 is 0 Å². The summed E-state index contributed by atoms with van der Waals surface area (Å²) in [6.07, 6.45) is 2.09. The first kappa shape index (κ1) is 4.50. The molecule has 0 radical (unpaired) electrons. The first-order chi connectivity index (χ1) is 3.39. The van der Waals surface area contributed by atoms with Gasteiger partial charge in [0.25, 0.3) is 0 Å². The lowest BCUT2D eigenvalue weighted by molar-refractivity contribution is 0.898. The van der Waals surface area contributed by atoms with E-state index in [1.807, 2.05) is 0 Å². The Kier molecular flexibility index (Phi) is 1.20. The van der Waals surface area contributed by atoms with Crippen molar-refractivity contribution in [1.29, 1.82) is 0 Å². The summed E-state index contributed by atoms with van der Waals surface area (Å²) in [7, 11) is 0. The van der Waals surface area contributed by atoms with Crippen LogP contribution in [0.2, 0.25) is 0 Å². The van der Waals surface area contributed by atoms with Gasteiger partial charge in [-0.1, -0.05) is 11.6 Å². The van der Waals surface area contributed by atoms with Crippen molar-refractivity contribution in [3.63, 3.8) is 0 Å². The standard InChI is InChI=1S/C5H8N2/c1-5-2-3-6-7-4-5/h2H,3-4H2,1H3. The highest BCUT2D eigenvalue weighted by molar-refractivity contribution is 5.02. The molecular formula is C5H8N2. The van der Waals surface area contributed by atoms with Gasteiger partial charge >= 0.3 is 0 Å². The summed E-state index contributed by atoms with van der Waals surface area (Å²) in [6, 6.07) is 0. The second-order valence-electron chi connectivity index (χ2n) is 1.67. The third-order valence-electron chi connectivity index (χ3n) is 0.942. The number of rotatable bonds is 0. The van der Waals surface area contributed by atoms with Gasteiger partial charge in [-0.25, -0.2) is 0 Å². The Balaban J connectivity index is 2.50. The van der Waals surface area contributed by atoms with E-state index in [2.05, 4.69) is 23.2 Å². The van der Waals surface area contributed by atoms with Crippen LogP contribution in [0.1, 0.15) is 6.92 Å². The van der Waals surface area contributed by atoms with Gasteiger partial charge in [-0.15, -0.1) is 0 Å². The molecule has 1 heterocycles. The molecule has 0 aliphatic carbocycles. The minimum absolute atomic E-state index is 0.784. The van der Waals surface area contributed by atoms with Crippen molar-refractivity contribution < 1.29 is 0 Å². The Labute approximate surface area is 43.0 Å². The van der Waals surface area contributed by atoms with Crippen molar-refractivity contribution in [3.05, 3.63) is 11.6 Å². The molecule has 7 heavy (non-hydrogen) atoms. The lowest BCUT2D eigenvalue weighted by Gasteiger charge is -1.96. The van der Waals surface area contributed by atoms with E-state index < -0.39 is 0 Å². The fourth-order valence-electron chi connectivity index (χ4n) is 0.480. The molecule has 0 N–H and O–H groups in total. The molecule has 0 aromatic carbocycles. The Hall–Kier alpha value is -0.660. The first-order valence-electron chi connectivity index (χ1n) is 2.38. The molecule has 1 rings (SSSR count). The molecule has 0 spiro atoms. The number of hydrogen-bond acceptors (Lipinski definition) is 2. The lowest BCUT2D eigenvalue weighted by atomic mass is 10.3. The Morgan fingerprint density at radius 1 is 1.57 bits per heavy atom. The highest BCUT2D eigenvalue weighted by Gasteiger charge is 1.89. The van der Waals surface area contributed by atoms with Crippen molar-refractivity contribution in [2.75, 3.05) is 13.1 Å². The molecule has 38 valence electrons. The molecule has 0 atom stereocenters. The number of azo groups is 1. The maximum Gasteiger partial charge on any atom is 0.0807 e. The van der Waals surface area contributed by atoms with Gasteiger partial charge in [0.05, 0.1) is 13.1 Å². The Morgan fingerprint density at radius 2 is 2.43 bits per heavy atom. The van der Waals surface area contributed by atoms with E-state index in [-0.39, 0.29) is 0 Å². The van der Waals surface area contributed by atoms with Crippen LogP contribution in [0.3, 0.4) is 0 Å². The molecule has 1 aliphatic heterocycles. The van der Waals surface area contributed by atoms with Crippen LogP contribution in [0.15, 0.2) is 21.9 Å². The smallest absolute Gasteiger partial charge is 0.0807 e. The zero-order valence-corrected chi connectivity index (χ0v) is 4.39. The molecule has 0 amide bonds. The van der Waals surface area contributed by atoms with Crippen molar-refractivity contribution in [3.8, 4) is 0 Å². The molecular weight excluding hydrogens is 88.1 g/mol. The Morgan fingerprint density at radius 3 is 2.71 bits per heavy atom. The summed E-state index contributed by atoms with van der Waals surface area (Å²) in [6.45, 7) is 3.66. The monoisotopic (exact) mass is 96.1 g/mol. The third-order valence-corrected chi connectivity index (χ3v) is 0.942. The highest BCUT2D eigenvalue weighted by atomic mass is 15.1. The second-order valence-corrected chi connectivity index (χ2v) is 1.67. The SMILES string of the molecule is CC1=CCN=NC1. The predicted molar refractivity (Wildman–Crippen MR) is 28.3 cm³/mol. The van der Waals surface area contributed by atoms with Crippen molar-refractivity contribution in [2.45, 2.75) is 6.92 Å². The van der Waals surface area contributed by atoms with Crippen LogP contribution in [0.4, 0.5) is 0 Å². The quantitative estimate of drug-likeness (QED) is 0.407. The van der Waals surface area contributed by atoms with E-state index in [9.17, 15) is 0 Å². The summed E-state index contributed by atoms with van der Waals surface area (Å²) in [5, 5.41) is 7.59. The van der Waals surface area contributed by atoms with Gasteiger partial charge in [-0.05, 0) is 6.92 Å². The van der Waals surface area contributed by atoms with E-state index in [1.54, 1.807) is 0 Å². The van der Waals surface area contributed by atoms with Gasteiger partial charge in [-0.2, -0.15) is 10.2 Å². The second kappa shape index (κ2) is 1.87. The number of hydrogen-bond donors (Lipinski definition) is 0. The third kappa shape index (κ3) is 1.11. The fourth-order valence-corrected chi connectivity index (χ4v) is 0.480. The van der Waals surface area contributed by atoms with Crippen LogP contribution in [0.25, 0.3) is 0 Å². The average Bonchev–Trinajstić information content (AvgIpc) is 1.69. The molecule has 0 saturated carbocycles. The minimum atomic E-state index is 0.784. The van der Waals surface area contributed by atoms with Crippen LogP contribution in [-0.2, 0) is 0 Å². The van der Waals surface area contributed by atoms with E-state index >= 15 is 0 Å². The van der Waals surface area contributed by atoms with Gasteiger partial charge in [0, 0.05) is 0 Å². The summed E-state index contributed by atoms with van der Waals surface area (Å²) >= 11 is 0. The van der Waals surface area contributed by atoms with Crippen LogP contribution in [-0.4, -0.2) is 13.1 Å². The zero-order chi connectivity index (χ0) is 5.11. The molecule has 0 aromatic rings. The van der Waals surface area contributed by atoms with Crippen molar-refractivity contribution >= 4 is 0 Å². The predicted octanol–water partition coefficient (Wildman–Crippen LogP) is 1.40. The molecule has 1 aliphatic rings. The van der Waals surface area contributed by atoms with Crippen molar-refractivity contribution in [2.24, 2.45) is 10.2 Å². The highest BCUT2D eigenvalue weighted by Crippen LogP contribution is 1.98. The minimum Gasteiger partial charge on any atom is -0.190 e. The topological polar surface area (TPSA) is 24.7 Å². The van der Waals surface area contributed by atoms with Crippen LogP contribution in [0, 0.1) is 0 Å². The van der Waals surface area contributed by atoms with Gasteiger partial charge in [0.2, 0.25) is 0 Å². The Bertz CT molecular complexity index is 113. The molecule has 2 nitrogen and oxygen atoms in total. The normalized spacial score (nSPS) is 19.3. The fraction of sp³-hybridized carbons (Fsp3) is 0.600. The van der Waals surface area contributed by atoms with Gasteiger partial charge in [0.15, 0.2) is 0 Å². The number of nitrogens with zero attached hydrogens (tertiary/aromatic N) is 2. The zero-order valence-electron chi connectivity index (χ0n) is 4.39. The van der Waals surface area contributed by atoms with E-state index in [1.165, 1.54) is 5.57 Å². The molecule has 0 bridgehead atoms. The van der Waals surface area contributed by atoms with Crippen LogP contribution in [0.5, 0.6) is 0 Å². The largest absolute Gasteiger partial charge is 0.190 e. The summed E-state index contributed by atoms with van der Waals surface area (Å²) in [5.74, 6) is 0. The molecule has 2 heteroatoms. The summed E-state index contributed by atoms with van der Waals surface area (Å²) < 4.78 is 0. The maximum absolute atomic E-state index is 3.81. The van der Waals surface area contributed by atoms with E-state index in [4.69, 9.17) is 0 Å².